The second-order valence-electron chi connectivity index (χ2n) is 5.46. The minimum Gasteiger partial charge on any atom is -0.306 e. The van der Waals surface area contributed by atoms with Crippen molar-refractivity contribution < 1.29 is 0 Å². The molecule has 2 heteroatoms. The second kappa shape index (κ2) is 3.86. The maximum Gasteiger partial charge on any atom is 0.0233 e. The summed E-state index contributed by atoms with van der Waals surface area (Å²) in [6.45, 7) is 3.72. The van der Waals surface area contributed by atoms with Crippen molar-refractivity contribution in [3.05, 3.63) is 35.9 Å². The first kappa shape index (κ1) is 10.3. The molecule has 0 spiro atoms. The minimum atomic E-state index is 0.868. The largest absolute Gasteiger partial charge is 0.306 e. The van der Waals surface area contributed by atoms with Gasteiger partial charge in [-0.1, -0.05) is 30.3 Å². The van der Waals surface area contributed by atoms with Crippen molar-refractivity contribution in [2.75, 3.05) is 27.2 Å². The Morgan fingerprint density at radius 2 is 1.75 bits per heavy atom. The van der Waals surface area contributed by atoms with Gasteiger partial charge >= 0.3 is 0 Å². The number of fused-ring (bicyclic) bond motifs is 1. The van der Waals surface area contributed by atoms with Gasteiger partial charge in [-0.05, 0) is 31.5 Å². The van der Waals surface area contributed by atoms with Crippen LogP contribution in [0.25, 0.3) is 0 Å². The molecule has 0 N–H and O–H groups in total. The number of nitrogens with zero attached hydrogens (tertiary/aromatic N) is 2. The molecule has 3 atom stereocenters. The smallest absolute Gasteiger partial charge is 0.0233 e. The van der Waals surface area contributed by atoms with Crippen LogP contribution in [0, 0.1) is 11.8 Å². The lowest BCUT2D eigenvalue weighted by atomic mass is 10.2. The van der Waals surface area contributed by atoms with E-state index in [0.717, 1.165) is 24.4 Å². The maximum atomic E-state index is 2.60. The van der Waals surface area contributed by atoms with E-state index in [1.165, 1.54) is 18.7 Å². The summed E-state index contributed by atoms with van der Waals surface area (Å²) in [5.41, 5.74) is 1.45. The van der Waals surface area contributed by atoms with Gasteiger partial charge in [-0.2, -0.15) is 0 Å². The molecule has 1 unspecified atom stereocenters. The van der Waals surface area contributed by atoms with Gasteiger partial charge in [-0.3, -0.25) is 4.90 Å². The average Bonchev–Trinajstić information content (AvgIpc) is 2.79. The topological polar surface area (TPSA) is 6.48 Å². The highest BCUT2D eigenvalue weighted by molar-refractivity contribution is 5.16. The third-order valence-electron chi connectivity index (χ3n) is 4.07. The van der Waals surface area contributed by atoms with Crippen molar-refractivity contribution in [1.29, 1.82) is 0 Å². The number of hydrogen-bond acceptors (Lipinski definition) is 2. The fourth-order valence-electron chi connectivity index (χ4n) is 3.32. The van der Waals surface area contributed by atoms with Crippen LogP contribution in [0.2, 0.25) is 0 Å². The van der Waals surface area contributed by atoms with E-state index >= 15 is 0 Å². The lowest BCUT2D eigenvalue weighted by Gasteiger charge is -2.21. The van der Waals surface area contributed by atoms with Crippen LogP contribution in [-0.4, -0.2) is 43.0 Å². The lowest BCUT2D eigenvalue weighted by molar-refractivity contribution is 0.244. The van der Waals surface area contributed by atoms with Crippen molar-refractivity contribution in [2.24, 2.45) is 11.8 Å². The molecular weight excluding hydrogens is 196 g/mol. The van der Waals surface area contributed by atoms with E-state index in [9.17, 15) is 0 Å². The Labute approximate surface area is 97.9 Å². The molecule has 0 radical (unpaired) electrons. The third-order valence-corrected chi connectivity index (χ3v) is 4.07. The summed E-state index contributed by atoms with van der Waals surface area (Å²) in [6, 6.07) is 11.7. The van der Waals surface area contributed by atoms with Gasteiger partial charge in [-0.25, -0.2) is 0 Å². The molecule has 16 heavy (non-hydrogen) atoms. The fraction of sp³-hybridized carbons (Fsp3) is 0.571. The molecule has 1 saturated carbocycles. The highest BCUT2D eigenvalue weighted by Gasteiger charge is 2.56. The van der Waals surface area contributed by atoms with Crippen LogP contribution in [-0.2, 0) is 6.54 Å². The highest BCUT2D eigenvalue weighted by atomic mass is 15.3. The molecule has 2 aliphatic rings. The molecule has 1 heterocycles. The van der Waals surface area contributed by atoms with Crippen LogP contribution in [0.5, 0.6) is 0 Å². The van der Waals surface area contributed by atoms with E-state index in [0.29, 0.717) is 0 Å². The molecule has 86 valence electrons. The van der Waals surface area contributed by atoms with Crippen molar-refractivity contribution >= 4 is 0 Å². The van der Waals surface area contributed by atoms with Crippen molar-refractivity contribution in [1.82, 2.24) is 9.80 Å². The van der Waals surface area contributed by atoms with Crippen LogP contribution in [0.4, 0.5) is 0 Å². The first-order valence-electron chi connectivity index (χ1n) is 6.18. The molecule has 1 saturated heterocycles. The number of piperidine rings is 1. The van der Waals surface area contributed by atoms with Crippen LogP contribution < -0.4 is 0 Å². The minimum absolute atomic E-state index is 0.868. The Morgan fingerprint density at radius 1 is 1.12 bits per heavy atom. The Balaban J connectivity index is 1.55. The van der Waals surface area contributed by atoms with Crippen molar-refractivity contribution in [3.8, 4) is 0 Å². The summed E-state index contributed by atoms with van der Waals surface area (Å²) in [5, 5.41) is 0. The Kier molecular flexibility index (Phi) is 2.49. The van der Waals surface area contributed by atoms with Gasteiger partial charge in [0.25, 0.3) is 0 Å². The number of likely N-dealkylation sites (tertiary alicyclic amines) is 1. The van der Waals surface area contributed by atoms with E-state index in [1.807, 2.05) is 0 Å². The van der Waals surface area contributed by atoms with Crippen molar-refractivity contribution in [2.45, 2.75) is 12.6 Å². The lowest BCUT2D eigenvalue weighted by Crippen LogP contribution is -2.30. The SMILES string of the molecule is CN(C)C1[C@H]2CN(Cc3ccccc3)C[C@@H]12. The number of hydrogen-bond donors (Lipinski definition) is 0. The maximum absolute atomic E-state index is 2.60. The Bertz CT molecular complexity index is 348. The predicted molar refractivity (Wildman–Crippen MR) is 66.2 cm³/mol. The normalized spacial score (nSPS) is 33.1. The van der Waals surface area contributed by atoms with Crippen LogP contribution in [0.3, 0.4) is 0 Å². The predicted octanol–water partition coefficient (Wildman–Crippen LogP) is 1.68. The van der Waals surface area contributed by atoms with Crippen LogP contribution in [0.1, 0.15) is 5.56 Å². The van der Waals surface area contributed by atoms with Gasteiger partial charge in [0.1, 0.15) is 0 Å². The molecular formula is C14H20N2. The fourth-order valence-corrected chi connectivity index (χ4v) is 3.32. The summed E-state index contributed by atoms with van der Waals surface area (Å²) >= 11 is 0. The van der Waals surface area contributed by atoms with E-state index < -0.39 is 0 Å². The number of rotatable bonds is 3. The zero-order valence-corrected chi connectivity index (χ0v) is 10.1. The Hall–Kier alpha value is -0.860. The third kappa shape index (κ3) is 1.76. The van der Waals surface area contributed by atoms with Gasteiger partial charge in [-0.15, -0.1) is 0 Å². The molecule has 1 aliphatic heterocycles. The molecule has 1 aromatic rings. The Morgan fingerprint density at radius 3 is 2.31 bits per heavy atom. The summed E-state index contributed by atoms with van der Waals surface area (Å²) < 4.78 is 0. The van der Waals surface area contributed by atoms with Gasteiger partial charge in [0.2, 0.25) is 0 Å². The summed E-state index contributed by atoms with van der Waals surface area (Å²) in [6.07, 6.45) is 0. The van der Waals surface area contributed by atoms with Gasteiger partial charge in [0, 0.05) is 25.7 Å². The van der Waals surface area contributed by atoms with Crippen LogP contribution in [0.15, 0.2) is 30.3 Å². The molecule has 0 bridgehead atoms. The van der Waals surface area contributed by atoms with Gasteiger partial charge in [0.05, 0.1) is 0 Å². The number of benzene rings is 1. The van der Waals surface area contributed by atoms with Crippen molar-refractivity contribution in [3.63, 3.8) is 0 Å². The molecule has 3 rings (SSSR count). The van der Waals surface area contributed by atoms with E-state index in [4.69, 9.17) is 0 Å². The monoisotopic (exact) mass is 216 g/mol. The zero-order valence-electron chi connectivity index (χ0n) is 10.1. The molecule has 0 amide bonds. The first-order valence-corrected chi connectivity index (χ1v) is 6.18. The van der Waals surface area contributed by atoms with Gasteiger partial charge in [0.15, 0.2) is 0 Å². The van der Waals surface area contributed by atoms with E-state index in [2.05, 4.69) is 54.2 Å². The summed E-state index contributed by atoms with van der Waals surface area (Å²) in [4.78, 5) is 5.00. The highest BCUT2D eigenvalue weighted by Crippen LogP contribution is 2.48. The zero-order chi connectivity index (χ0) is 11.1. The van der Waals surface area contributed by atoms with Crippen LogP contribution >= 0.6 is 0 Å². The standard InChI is InChI=1S/C14H20N2/c1-15(2)14-12-9-16(10-13(12)14)8-11-6-4-3-5-7-11/h3-7,12-14H,8-10H2,1-2H3/t12-,13+,14?. The summed E-state index contributed by atoms with van der Waals surface area (Å²) in [5.74, 6) is 1.89. The first-order chi connectivity index (χ1) is 7.75. The summed E-state index contributed by atoms with van der Waals surface area (Å²) in [7, 11) is 4.43. The molecule has 1 aromatic carbocycles. The second-order valence-corrected chi connectivity index (χ2v) is 5.46. The van der Waals surface area contributed by atoms with Gasteiger partial charge < -0.3 is 4.90 Å². The van der Waals surface area contributed by atoms with E-state index in [-0.39, 0.29) is 0 Å². The molecule has 2 fully saturated rings. The quantitative estimate of drug-likeness (QED) is 0.758. The molecule has 0 aromatic heterocycles. The molecule has 2 nitrogen and oxygen atoms in total. The van der Waals surface area contributed by atoms with E-state index in [1.54, 1.807) is 0 Å². The average molecular weight is 216 g/mol. The molecule has 1 aliphatic carbocycles.